The fraction of sp³-hybridized carbons (Fsp3) is 0.375. The number of fused-ring (bicyclic) bond motifs is 1. The first kappa shape index (κ1) is 8.90. The van der Waals surface area contributed by atoms with Crippen molar-refractivity contribution in [2.75, 3.05) is 18.6 Å². The number of carbonyl (C=O) groups is 1. The van der Waals surface area contributed by atoms with Gasteiger partial charge >= 0.3 is 5.97 Å². The molecule has 0 bridgehead atoms. The van der Waals surface area contributed by atoms with Gasteiger partial charge in [0.15, 0.2) is 0 Å². The lowest BCUT2D eigenvalue weighted by molar-refractivity contribution is 0.0601. The second kappa shape index (κ2) is 3.23. The summed E-state index contributed by atoms with van der Waals surface area (Å²) in [5.41, 5.74) is 7.41. The number of nitrogen functional groups attached to an aromatic ring is 1. The fourth-order valence-electron chi connectivity index (χ4n) is 1.38. The van der Waals surface area contributed by atoms with Crippen molar-refractivity contribution in [1.29, 1.82) is 0 Å². The second-order valence-electron chi connectivity index (χ2n) is 2.70. The zero-order chi connectivity index (χ0) is 9.42. The summed E-state index contributed by atoms with van der Waals surface area (Å²) in [7, 11) is 1.38. The van der Waals surface area contributed by atoms with Crippen LogP contribution < -0.4 is 5.73 Å². The van der Waals surface area contributed by atoms with Crippen molar-refractivity contribution in [1.82, 2.24) is 0 Å². The smallest absolute Gasteiger partial charge is 0.341 e. The van der Waals surface area contributed by atoms with E-state index in [4.69, 9.17) is 5.73 Å². The Morgan fingerprint density at radius 2 is 2.38 bits per heavy atom. The third kappa shape index (κ3) is 1.32. The van der Waals surface area contributed by atoms with Crippen LogP contribution in [0.2, 0.25) is 0 Å². The van der Waals surface area contributed by atoms with Crippen molar-refractivity contribution in [2.24, 2.45) is 0 Å². The minimum absolute atomic E-state index is 0.308. The summed E-state index contributed by atoms with van der Waals surface area (Å²) < 4.78 is 5.86. The number of esters is 1. The maximum atomic E-state index is 11.4. The molecule has 1 aromatic heterocycles. The van der Waals surface area contributed by atoms with Gasteiger partial charge in [0.1, 0.15) is 5.00 Å². The Balaban J connectivity index is 2.50. The normalized spacial score (nSPS) is 14.2. The van der Waals surface area contributed by atoms with Crippen LogP contribution in [0.1, 0.15) is 15.9 Å². The van der Waals surface area contributed by atoms with E-state index in [1.54, 1.807) is 11.8 Å². The minimum atomic E-state index is -0.308. The Morgan fingerprint density at radius 1 is 1.62 bits per heavy atom. The number of anilines is 1. The standard InChI is InChI=1S/C8H9NO2S2/c1-11-7(10)5-4-2-3-12-8(4)13-6(5)9/h2-3,9H2,1H3. The van der Waals surface area contributed by atoms with E-state index in [-0.39, 0.29) is 5.97 Å². The van der Waals surface area contributed by atoms with Crippen LogP contribution in [0.4, 0.5) is 5.00 Å². The predicted molar refractivity (Wildman–Crippen MR) is 54.5 cm³/mol. The summed E-state index contributed by atoms with van der Waals surface area (Å²) in [6.45, 7) is 0. The van der Waals surface area contributed by atoms with E-state index in [2.05, 4.69) is 4.74 Å². The fourth-order valence-corrected chi connectivity index (χ4v) is 3.84. The van der Waals surface area contributed by atoms with Gasteiger partial charge in [-0.2, -0.15) is 0 Å². The van der Waals surface area contributed by atoms with Crippen LogP contribution in [0.5, 0.6) is 0 Å². The van der Waals surface area contributed by atoms with Gasteiger partial charge in [-0.3, -0.25) is 0 Å². The molecule has 3 nitrogen and oxygen atoms in total. The number of rotatable bonds is 1. The molecular formula is C8H9NO2S2. The molecule has 2 N–H and O–H groups in total. The van der Waals surface area contributed by atoms with Crippen molar-refractivity contribution in [2.45, 2.75) is 10.6 Å². The molecule has 13 heavy (non-hydrogen) atoms. The maximum Gasteiger partial charge on any atom is 0.341 e. The number of carbonyl (C=O) groups excluding carboxylic acids is 1. The molecule has 2 heterocycles. The van der Waals surface area contributed by atoms with Crippen LogP contribution in [0.3, 0.4) is 0 Å². The van der Waals surface area contributed by atoms with Gasteiger partial charge < -0.3 is 10.5 Å². The van der Waals surface area contributed by atoms with Gasteiger partial charge in [-0.1, -0.05) is 0 Å². The lowest BCUT2D eigenvalue weighted by Crippen LogP contribution is -2.05. The SMILES string of the molecule is COC(=O)c1c(N)sc2c1CCS2. The number of methoxy groups -OCH3 is 1. The largest absolute Gasteiger partial charge is 0.465 e. The molecule has 0 aliphatic carbocycles. The molecule has 70 valence electrons. The molecule has 0 spiro atoms. The Labute approximate surface area is 84.3 Å². The van der Waals surface area contributed by atoms with E-state index >= 15 is 0 Å². The van der Waals surface area contributed by atoms with Gasteiger partial charge in [0, 0.05) is 5.75 Å². The van der Waals surface area contributed by atoms with Crippen LogP contribution in [0.15, 0.2) is 4.21 Å². The van der Waals surface area contributed by atoms with E-state index in [0.717, 1.165) is 17.7 Å². The van der Waals surface area contributed by atoms with E-state index in [1.807, 2.05) is 0 Å². The van der Waals surface area contributed by atoms with Crippen molar-refractivity contribution in [3.05, 3.63) is 11.1 Å². The monoisotopic (exact) mass is 215 g/mol. The number of hydrogen-bond acceptors (Lipinski definition) is 5. The van der Waals surface area contributed by atoms with E-state index in [9.17, 15) is 4.79 Å². The summed E-state index contributed by atoms with van der Waals surface area (Å²) in [4.78, 5) is 11.4. The van der Waals surface area contributed by atoms with E-state index < -0.39 is 0 Å². The number of hydrogen-bond donors (Lipinski definition) is 1. The minimum Gasteiger partial charge on any atom is -0.465 e. The highest BCUT2D eigenvalue weighted by Crippen LogP contribution is 2.43. The first-order valence-corrected chi connectivity index (χ1v) is 5.66. The molecule has 5 heteroatoms. The average Bonchev–Trinajstić information content (AvgIpc) is 2.62. The zero-order valence-corrected chi connectivity index (χ0v) is 8.76. The number of thioether (sulfide) groups is 1. The molecule has 1 aliphatic rings. The van der Waals surface area contributed by atoms with Crippen LogP contribution in [-0.2, 0) is 11.2 Å². The first-order valence-electron chi connectivity index (χ1n) is 3.86. The first-order chi connectivity index (χ1) is 6.24. The number of thiophene rings is 1. The number of ether oxygens (including phenoxy) is 1. The van der Waals surface area contributed by atoms with Gasteiger partial charge in [-0.05, 0) is 12.0 Å². The van der Waals surface area contributed by atoms with Crippen LogP contribution in [0.25, 0.3) is 0 Å². The van der Waals surface area contributed by atoms with Crippen molar-refractivity contribution in [3.8, 4) is 0 Å². The van der Waals surface area contributed by atoms with Crippen molar-refractivity contribution < 1.29 is 9.53 Å². The molecule has 0 unspecified atom stereocenters. The van der Waals surface area contributed by atoms with Crippen LogP contribution in [-0.4, -0.2) is 18.8 Å². The molecule has 0 fully saturated rings. The summed E-state index contributed by atoms with van der Waals surface area (Å²) >= 11 is 3.25. The predicted octanol–water partition coefficient (Wildman–Crippen LogP) is 1.77. The van der Waals surface area contributed by atoms with Gasteiger partial charge in [0.05, 0.1) is 16.9 Å². The van der Waals surface area contributed by atoms with Gasteiger partial charge in [-0.15, -0.1) is 23.1 Å². The van der Waals surface area contributed by atoms with Gasteiger partial charge in [0.2, 0.25) is 0 Å². The highest BCUT2D eigenvalue weighted by Gasteiger charge is 2.26. The molecule has 2 rings (SSSR count). The highest BCUT2D eigenvalue weighted by atomic mass is 32.2. The Hall–Kier alpha value is -0.680. The molecule has 0 radical (unpaired) electrons. The zero-order valence-electron chi connectivity index (χ0n) is 7.12. The topological polar surface area (TPSA) is 52.3 Å². The molecule has 0 saturated heterocycles. The Morgan fingerprint density at radius 3 is 3.08 bits per heavy atom. The Kier molecular flexibility index (Phi) is 2.21. The lowest BCUT2D eigenvalue weighted by Gasteiger charge is -1.99. The van der Waals surface area contributed by atoms with Crippen molar-refractivity contribution in [3.63, 3.8) is 0 Å². The second-order valence-corrected chi connectivity index (χ2v) is 5.11. The third-order valence-electron chi connectivity index (χ3n) is 1.97. The third-order valence-corrected chi connectivity index (χ3v) is 4.35. The molecule has 0 aromatic carbocycles. The van der Waals surface area contributed by atoms with E-state index in [1.165, 1.54) is 22.7 Å². The summed E-state index contributed by atoms with van der Waals surface area (Å²) in [6, 6.07) is 0. The Bertz CT molecular complexity index is 359. The molecule has 0 atom stereocenters. The van der Waals surface area contributed by atoms with Crippen molar-refractivity contribution >= 4 is 34.1 Å². The summed E-state index contributed by atoms with van der Waals surface area (Å²) in [5.74, 6) is 0.739. The summed E-state index contributed by atoms with van der Waals surface area (Å²) in [5, 5.41) is 0.587. The quantitative estimate of drug-likeness (QED) is 0.725. The lowest BCUT2D eigenvalue weighted by atomic mass is 10.1. The molecule has 0 saturated carbocycles. The van der Waals surface area contributed by atoms with Crippen LogP contribution in [0, 0.1) is 0 Å². The molecular weight excluding hydrogens is 206 g/mol. The van der Waals surface area contributed by atoms with Gasteiger partial charge in [-0.25, -0.2) is 4.79 Å². The number of nitrogens with two attached hydrogens (primary N) is 1. The molecule has 1 aromatic rings. The summed E-state index contributed by atoms with van der Waals surface area (Å²) in [6.07, 6.45) is 0.929. The van der Waals surface area contributed by atoms with E-state index in [0.29, 0.717) is 10.6 Å². The highest BCUT2D eigenvalue weighted by molar-refractivity contribution is 8.01. The van der Waals surface area contributed by atoms with Crippen LogP contribution >= 0.6 is 23.1 Å². The average molecular weight is 215 g/mol. The van der Waals surface area contributed by atoms with Gasteiger partial charge in [0.25, 0.3) is 0 Å². The maximum absolute atomic E-state index is 11.4. The molecule has 1 aliphatic heterocycles. The molecule has 0 amide bonds.